The molecule has 0 unspecified atom stereocenters. The first-order chi connectivity index (χ1) is 16.6. The van der Waals surface area contributed by atoms with Crippen molar-refractivity contribution in [1.82, 2.24) is 4.57 Å². The number of hydrogen-bond donors (Lipinski definition) is 1. The van der Waals surface area contributed by atoms with Crippen LogP contribution in [0, 0.1) is 19.3 Å². The third kappa shape index (κ3) is 5.33. The zero-order chi connectivity index (χ0) is 25.3. The smallest absolute Gasteiger partial charge is 0.309 e. The maximum atomic E-state index is 12.2. The highest BCUT2D eigenvalue weighted by molar-refractivity contribution is 7.99. The molecular formula is C31H35NO2S. The summed E-state index contributed by atoms with van der Waals surface area (Å²) < 4.78 is 2.34. The van der Waals surface area contributed by atoms with E-state index in [4.69, 9.17) is 0 Å². The number of carboxylic acid groups (broad SMARTS) is 1. The Morgan fingerprint density at radius 3 is 2.37 bits per heavy atom. The van der Waals surface area contributed by atoms with Gasteiger partial charge in [-0.1, -0.05) is 74.1 Å². The normalized spacial score (nSPS) is 12.0. The molecule has 3 aromatic carbocycles. The molecule has 0 saturated carbocycles. The Morgan fingerprint density at radius 2 is 1.71 bits per heavy atom. The van der Waals surface area contributed by atoms with Gasteiger partial charge in [-0.3, -0.25) is 4.79 Å². The lowest BCUT2D eigenvalue weighted by Crippen LogP contribution is -2.27. The van der Waals surface area contributed by atoms with E-state index in [1.165, 1.54) is 37.4 Å². The maximum absolute atomic E-state index is 12.2. The van der Waals surface area contributed by atoms with Gasteiger partial charge in [-0.05, 0) is 74.1 Å². The molecule has 1 aromatic heterocycles. The largest absolute Gasteiger partial charge is 0.481 e. The van der Waals surface area contributed by atoms with Crippen LogP contribution in [0.4, 0.5) is 0 Å². The van der Waals surface area contributed by atoms with Gasteiger partial charge in [-0.15, -0.1) is 0 Å². The Kier molecular flexibility index (Phi) is 7.14. The van der Waals surface area contributed by atoms with Crippen LogP contribution in [-0.4, -0.2) is 15.6 Å². The van der Waals surface area contributed by atoms with Gasteiger partial charge < -0.3 is 9.67 Å². The lowest BCUT2D eigenvalue weighted by Gasteiger charge is -2.22. The number of hydrogen-bond acceptors (Lipinski definition) is 2. The highest BCUT2D eigenvalue weighted by atomic mass is 32.2. The Bertz CT molecular complexity index is 1370. The van der Waals surface area contributed by atoms with Crippen LogP contribution in [0.3, 0.4) is 0 Å². The topological polar surface area (TPSA) is 42.2 Å². The van der Waals surface area contributed by atoms with Crippen LogP contribution in [-0.2, 0) is 17.8 Å². The molecule has 0 amide bonds. The fourth-order valence-corrected chi connectivity index (χ4v) is 5.68. The van der Waals surface area contributed by atoms with Gasteiger partial charge in [-0.2, -0.15) is 0 Å². The van der Waals surface area contributed by atoms with Crippen molar-refractivity contribution in [3.05, 3.63) is 94.7 Å². The van der Waals surface area contributed by atoms with Gasteiger partial charge in [0.15, 0.2) is 0 Å². The van der Waals surface area contributed by atoms with Crippen molar-refractivity contribution in [2.24, 2.45) is 5.41 Å². The SMILES string of the molecule is Cc1ccc(C)c(Sc2c(CC(C)(C)C(=O)O)n(Cc3ccccc3)c3ccc(C(C)C)cc23)c1. The minimum atomic E-state index is -0.888. The van der Waals surface area contributed by atoms with E-state index in [0.29, 0.717) is 18.9 Å². The number of aliphatic carboxylic acids is 1. The third-order valence-electron chi connectivity index (χ3n) is 6.74. The molecule has 0 radical (unpaired) electrons. The zero-order valence-electron chi connectivity index (χ0n) is 21.6. The molecule has 0 atom stereocenters. The molecular weight excluding hydrogens is 450 g/mol. The molecule has 4 rings (SSSR count). The van der Waals surface area contributed by atoms with E-state index in [2.05, 4.69) is 92.9 Å². The van der Waals surface area contributed by atoms with Crippen molar-refractivity contribution in [2.45, 2.75) is 70.2 Å². The highest BCUT2D eigenvalue weighted by Gasteiger charge is 2.32. The van der Waals surface area contributed by atoms with Crippen molar-refractivity contribution in [3.8, 4) is 0 Å². The lowest BCUT2D eigenvalue weighted by molar-refractivity contribution is -0.146. The van der Waals surface area contributed by atoms with Crippen molar-refractivity contribution in [3.63, 3.8) is 0 Å². The number of aryl methyl sites for hydroxylation is 2. The minimum absolute atomic E-state index is 0.411. The van der Waals surface area contributed by atoms with E-state index >= 15 is 0 Å². The molecule has 0 aliphatic carbocycles. The molecule has 0 aliphatic rings. The Labute approximate surface area is 213 Å². The number of fused-ring (bicyclic) bond motifs is 1. The van der Waals surface area contributed by atoms with Crippen LogP contribution < -0.4 is 0 Å². The highest BCUT2D eigenvalue weighted by Crippen LogP contribution is 2.43. The average molecular weight is 486 g/mol. The molecule has 1 N–H and O–H groups in total. The molecule has 1 heterocycles. The number of carbonyl (C=O) groups is 1. The Balaban J connectivity index is 2.00. The summed E-state index contributed by atoms with van der Waals surface area (Å²) in [6.07, 6.45) is 0.452. The molecule has 4 aromatic rings. The number of benzene rings is 3. The van der Waals surface area contributed by atoms with Gasteiger partial charge in [0, 0.05) is 39.4 Å². The molecule has 0 bridgehead atoms. The first-order valence-electron chi connectivity index (χ1n) is 12.2. The van der Waals surface area contributed by atoms with Crippen LogP contribution >= 0.6 is 11.8 Å². The van der Waals surface area contributed by atoms with E-state index in [9.17, 15) is 9.90 Å². The van der Waals surface area contributed by atoms with Gasteiger partial charge in [0.25, 0.3) is 0 Å². The van der Waals surface area contributed by atoms with Crippen LogP contribution in [0.25, 0.3) is 10.9 Å². The molecule has 35 heavy (non-hydrogen) atoms. The summed E-state index contributed by atoms with van der Waals surface area (Å²) in [5, 5.41) is 11.2. The summed E-state index contributed by atoms with van der Waals surface area (Å²) in [6.45, 7) is 13.1. The molecule has 4 heteroatoms. The van der Waals surface area contributed by atoms with E-state index < -0.39 is 11.4 Å². The first-order valence-corrected chi connectivity index (χ1v) is 13.1. The lowest BCUT2D eigenvalue weighted by atomic mass is 9.88. The zero-order valence-corrected chi connectivity index (χ0v) is 22.4. The summed E-state index contributed by atoms with van der Waals surface area (Å²) >= 11 is 1.77. The predicted octanol–water partition coefficient (Wildman–Crippen LogP) is 8.23. The summed E-state index contributed by atoms with van der Waals surface area (Å²) in [6, 6.07) is 23.7. The van der Waals surface area contributed by atoms with Crippen LogP contribution in [0.2, 0.25) is 0 Å². The van der Waals surface area contributed by atoms with E-state index in [0.717, 1.165) is 11.2 Å². The summed E-state index contributed by atoms with van der Waals surface area (Å²) in [4.78, 5) is 14.6. The number of aromatic nitrogens is 1. The number of carboxylic acids is 1. The Morgan fingerprint density at radius 1 is 1.00 bits per heavy atom. The predicted molar refractivity (Wildman–Crippen MR) is 147 cm³/mol. The summed E-state index contributed by atoms with van der Waals surface area (Å²) in [5.74, 6) is -0.367. The van der Waals surface area contributed by atoms with Crippen molar-refractivity contribution >= 4 is 28.6 Å². The van der Waals surface area contributed by atoms with Crippen LogP contribution in [0.15, 0.2) is 76.5 Å². The molecule has 182 valence electrons. The third-order valence-corrected chi connectivity index (χ3v) is 8.06. The molecule has 0 fully saturated rings. The van der Waals surface area contributed by atoms with E-state index in [1.807, 2.05) is 19.9 Å². The van der Waals surface area contributed by atoms with Gasteiger partial charge in [-0.25, -0.2) is 0 Å². The fourth-order valence-electron chi connectivity index (χ4n) is 4.41. The Hall–Kier alpha value is -2.98. The van der Waals surface area contributed by atoms with Gasteiger partial charge in [0.1, 0.15) is 0 Å². The second-order valence-electron chi connectivity index (χ2n) is 10.5. The maximum Gasteiger partial charge on any atom is 0.309 e. The second-order valence-corrected chi connectivity index (χ2v) is 11.6. The monoisotopic (exact) mass is 485 g/mol. The molecule has 0 aliphatic heterocycles. The summed E-state index contributed by atoms with van der Waals surface area (Å²) in [7, 11) is 0. The number of nitrogens with zero attached hydrogens (tertiary/aromatic N) is 1. The van der Waals surface area contributed by atoms with Gasteiger partial charge in [0.05, 0.1) is 5.41 Å². The minimum Gasteiger partial charge on any atom is -0.481 e. The van der Waals surface area contributed by atoms with Crippen molar-refractivity contribution < 1.29 is 9.90 Å². The van der Waals surface area contributed by atoms with Crippen molar-refractivity contribution in [1.29, 1.82) is 0 Å². The molecule has 3 nitrogen and oxygen atoms in total. The first kappa shape index (κ1) is 25.1. The van der Waals surface area contributed by atoms with E-state index in [-0.39, 0.29) is 0 Å². The number of rotatable bonds is 8. The summed E-state index contributed by atoms with van der Waals surface area (Å²) in [5.41, 5.74) is 6.30. The molecule has 0 saturated heterocycles. The standard InChI is InChI=1S/C31H35NO2S/c1-20(2)24-14-15-26-25(17-24)29(35-28-16-21(3)12-13-22(28)4)27(18-31(5,6)30(33)34)32(26)19-23-10-8-7-9-11-23/h7-17,20H,18-19H2,1-6H3,(H,33,34). The second kappa shape index (κ2) is 9.94. The fraction of sp³-hybridized carbons (Fsp3) is 0.323. The van der Waals surface area contributed by atoms with Crippen LogP contribution in [0.5, 0.6) is 0 Å². The van der Waals surface area contributed by atoms with Gasteiger partial charge in [0.2, 0.25) is 0 Å². The average Bonchev–Trinajstić information content (AvgIpc) is 3.08. The molecule has 0 spiro atoms. The van der Waals surface area contributed by atoms with E-state index in [1.54, 1.807) is 11.8 Å². The van der Waals surface area contributed by atoms with Gasteiger partial charge >= 0.3 is 5.97 Å². The quantitative estimate of drug-likeness (QED) is 0.273. The van der Waals surface area contributed by atoms with Crippen LogP contribution in [0.1, 0.15) is 61.6 Å². The van der Waals surface area contributed by atoms with Crippen molar-refractivity contribution in [2.75, 3.05) is 0 Å².